The van der Waals surface area contributed by atoms with E-state index in [0.29, 0.717) is 41.5 Å². The van der Waals surface area contributed by atoms with Gasteiger partial charge in [0.15, 0.2) is 0 Å². The number of nitrogens with one attached hydrogen (secondary N) is 1. The number of rotatable bonds is 12. The van der Waals surface area contributed by atoms with Crippen LogP contribution in [0.2, 0.25) is 10.0 Å². The smallest absolute Gasteiger partial charge is 0.229 e. The summed E-state index contributed by atoms with van der Waals surface area (Å²) in [7, 11) is 0. The average Bonchev–Trinajstić information content (AvgIpc) is 2.97. The summed E-state index contributed by atoms with van der Waals surface area (Å²) in [6.07, 6.45) is 9.58. The highest BCUT2D eigenvalue weighted by Gasteiger charge is 2.27. The summed E-state index contributed by atoms with van der Waals surface area (Å²) in [4.78, 5) is 36.4. The molecule has 7 heteroatoms. The van der Waals surface area contributed by atoms with Gasteiger partial charge < -0.3 is 5.32 Å². The van der Waals surface area contributed by atoms with E-state index < -0.39 is 0 Å². The number of amides is 3. The van der Waals surface area contributed by atoms with E-state index >= 15 is 0 Å². The molecule has 5 nitrogen and oxygen atoms in total. The number of hydrogen-bond acceptors (Lipinski definition) is 3. The molecule has 3 amide bonds. The van der Waals surface area contributed by atoms with Crippen LogP contribution in [0.1, 0.15) is 70.6 Å². The molecule has 1 aliphatic rings. The lowest BCUT2D eigenvalue weighted by molar-refractivity contribution is -0.138. The van der Waals surface area contributed by atoms with E-state index in [1.54, 1.807) is 18.2 Å². The molecule has 1 fully saturated rings. The maximum Gasteiger partial charge on any atom is 0.229 e. The molecule has 154 valence electrons. The second-order valence-electron chi connectivity index (χ2n) is 7.19. The molecule has 1 heterocycles. The second-order valence-corrected chi connectivity index (χ2v) is 8.03. The molecule has 0 aliphatic carbocycles. The highest BCUT2D eigenvalue weighted by atomic mass is 35.5. The van der Waals surface area contributed by atoms with Gasteiger partial charge in [0.05, 0.1) is 10.7 Å². The van der Waals surface area contributed by atoms with Gasteiger partial charge in [0.1, 0.15) is 0 Å². The first-order valence-electron chi connectivity index (χ1n) is 10.1. The molecule has 1 N–H and O–H groups in total. The Morgan fingerprint density at radius 2 is 1.46 bits per heavy atom. The maximum absolute atomic E-state index is 12.0. The Morgan fingerprint density at radius 3 is 2.07 bits per heavy atom. The predicted molar refractivity (Wildman–Crippen MR) is 113 cm³/mol. The largest absolute Gasteiger partial charge is 0.325 e. The van der Waals surface area contributed by atoms with Gasteiger partial charge in [-0.25, -0.2) is 0 Å². The van der Waals surface area contributed by atoms with Gasteiger partial charge in [0.2, 0.25) is 17.7 Å². The van der Waals surface area contributed by atoms with Crippen LogP contribution >= 0.6 is 23.2 Å². The number of imide groups is 1. The zero-order valence-electron chi connectivity index (χ0n) is 16.1. The van der Waals surface area contributed by atoms with Crippen LogP contribution in [0.15, 0.2) is 18.2 Å². The minimum absolute atomic E-state index is 0.0210. The second kappa shape index (κ2) is 12.1. The van der Waals surface area contributed by atoms with Crippen molar-refractivity contribution in [3.8, 4) is 0 Å². The van der Waals surface area contributed by atoms with Gasteiger partial charge in [0.25, 0.3) is 0 Å². The van der Waals surface area contributed by atoms with Crippen molar-refractivity contribution >= 4 is 46.6 Å². The van der Waals surface area contributed by atoms with Crippen LogP contribution in [-0.2, 0) is 14.4 Å². The van der Waals surface area contributed by atoms with Crippen molar-refractivity contribution in [2.75, 3.05) is 11.9 Å². The van der Waals surface area contributed by atoms with Crippen LogP contribution in [0.5, 0.6) is 0 Å². The van der Waals surface area contributed by atoms with E-state index in [2.05, 4.69) is 5.32 Å². The van der Waals surface area contributed by atoms with E-state index in [-0.39, 0.29) is 17.7 Å². The van der Waals surface area contributed by atoms with Crippen molar-refractivity contribution in [1.82, 2.24) is 4.90 Å². The minimum atomic E-state index is -0.0322. The molecule has 1 aromatic rings. The van der Waals surface area contributed by atoms with Crippen molar-refractivity contribution in [1.29, 1.82) is 0 Å². The van der Waals surface area contributed by atoms with Gasteiger partial charge in [-0.1, -0.05) is 61.7 Å². The van der Waals surface area contributed by atoms with Crippen LogP contribution in [0.3, 0.4) is 0 Å². The molecule has 1 aliphatic heterocycles. The fourth-order valence-corrected chi connectivity index (χ4v) is 3.75. The number of carbonyl (C=O) groups excluding carboxylic acids is 3. The molecule has 0 saturated carbocycles. The topological polar surface area (TPSA) is 66.5 Å². The summed E-state index contributed by atoms with van der Waals surface area (Å²) in [5.41, 5.74) is 0.591. The Morgan fingerprint density at radius 1 is 0.893 bits per heavy atom. The highest BCUT2D eigenvalue weighted by Crippen LogP contribution is 2.25. The third-order valence-electron chi connectivity index (χ3n) is 4.90. The average molecular weight is 427 g/mol. The summed E-state index contributed by atoms with van der Waals surface area (Å²) in [5.74, 6) is -0.0741. The number of likely N-dealkylation sites (tertiary alicyclic amines) is 1. The fraction of sp³-hybridized carbons (Fsp3) is 0.571. The van der Waals surface area contributed by atoms with Gasteiger partial charge in [0, 0.05) is 30.8 Å². The molecule has 0 radical (unpaired) electrons. The molecule has 1 saturated heterocycles. The van der Waals surface area contributed by atoms with Crippen molar-refractivity contribution in [3.05, 3.63) is 28.2 Å². The summed E-state index contributed by atoms with van der Waals surface area (Å²) in [5, 5.41) is 3.80. The quantitative estimate of drug-likeness (QED) is 0.349. The number of halogens is 2. The van der Waals surface area contributed by atoms with Crippen LogP contribution in [0, 0.1) is 0 Å². The first-order chi connectivity index (χ1) is 13.5. The molecule has 28 heavy (non-hydrogen) atoms. The van der Waals surface area contributed by atoms with Crippen LogP contribution in [0.4, 0.5) is 5.69 Å². The number of benzene rings is 1. The lowest BCUT2D eigenvalue weighted by Gasteiger charge is -2.13. The number of anilines is 1. The number of unbranched alkanes of at least 4 members (excludes halogenated alkanes) is 7. The van der Waals surface area contributed by atoms with Crippen molar-refractivity contribution in [2.45, 2.75) is 70.6 Å². The van der Waals surface area contributed by atoms with E-state index in [9.17, 15) is 14.4 Å². The minimum Gasteiger partial charge on any atom is -0.325 e. The Balaban J connectivity index is 1.43. The summed E-state index contributed by atoms with van der Waals surface area (Å²) >= 11 is 11.9. The van der Waals surface area contributed by atoms with Gasteiger partial charge in [-0.05, 0) is 31.0 Å². The van der Waals surface area contributed by atoms with Crippen LogP contribution in [0.25, 0.3) is 0 Å². The van der Waals surface area contributed by atoms with Gasteiger partial charge in [-0.2, -0.15) is 0 Å². The Hall–Kier alpha value is -1.59. The molecule has 2 rings (SSSR count). The van der Waals surface area contributed by atoms with Crippen molar-refractivity contribution in [2.24, 2.45) is 0 Å². The fourth-order valence-electron chi connectivity index (χ4n) is 3.29. The van der Waals surface area contributed by atoms with Crippen LogP contribution in [-0.4, -0.2) is 29.2 Å². The molecule has 0 unspecified atom stereocenters. The Bertz CT molecular complexity index is 678. The standard InChI is InChI=1S/C21H28Cl2N2O3/c22-16-10-11-18(17(23)15-16)24-19(26)9-7-5-3-1-2-4-6-8-14-25-20(27)12-13-21(25)28/h10-11,15H,1-9,12-14H2,(H,24,26). The molecular formula is C21H28Cl2N2O3. The number of nitrogens with zero attached hydrogens (tertiary/aromatic N) is 1. The summed E-state index contributed by atoms with van der Waals surface area (Å²) in [6.45, 7) is 0.574. The molecule has 1 aromatic carbocycles. The van der Waals surface area contributed by atoms with E-state index in [0.717, 1.165) is 51.4 Å². The lowest BCUT2D eigenvalue weighted by atomic mass is 10.1. The van der Waals surface area contributed by atoms with E-state index in [1.807, 2.05) is 0 Å². The van der Waals surface area contributed by atoms with Gasteiger partial charge in [-0.15, -0.1) is 0 Å². The zero-order chi connectivity index (χ0) is 20.4. The first kappa shape index (κ1) is 22.7. The summed E-state index contributed by atoms with van der Waals surface area (Å²) in [6, 6.07) is 5.02. The van der Waals surface area contributed by atoms with Gasteiger partial charge >= 0.3 is 0 Å². The zero-order valence-corrected chi connectivity index (χ0v) is 17.7. The van der Waals surface area contributed by atoms with E-state index in [4.69, 9.17) is 23.2 Å². The molecule has 0 bridgehead atoms. The predicted octanol–water partition coefficient (Wildman–Crippen LogP) is 5.59. The molecule has 0 aromatic heterocycles. The normalized spacial score (nSPS) is 14.0. The highest BCUT2D eigenvalue weighted by molar-refractivity contribution is 6.36. The third kappa shape index (κ3) is 7.80. The first-order valence-corrected chi connectivity index (χ1v) is 10.8. The van der Waals surface area contributed by atoms with E-state index in [1.165, 1.54) is 4.90 Å². The number of hydrogen-bond donors (Lipinski definition) is 1. The van der Waals surface area contributed by atoms with Crippen molar-refractivity contribution in [3.63, 3.8) is 0 Å². The third-order valence-corrected chi connectivity index (χ3v) is 5.44. The molecule has 0 spiro atoms. The summed E-state index contributed by atoms with van der Waals surface area (Å²) < 4.78 is 0. The maximum atomic E-state index is 12.0. The van der Waals surface area contributed by atoms with Crippen molar-refractivity contribution < 1.29 is 14.4 Å². The SMILES string of the molecule is O=C(CCCCCCCCCCN1C(=O)CCC1=O)Nc1ccc(Cl)cc1Cl. The Kier molecular flexibility index (Phi) is 9.79. The van der Waals surface area contributed by atoms with Gasteiger partial charge in [-0.3, -0.25) is 19.3 Å². The number of carbonyl (C=O) groups is 3. The monoisotopic (exact) mass is 426 g/mol. The molecular weight excluding hydrogens is 399 g/mol. The Labute approximate surface area is 176 Å². The van der Waals surface area contributed by atoms with Crippen LogP contribution < -0.4 is 5.32 Å². The lowest BCUT2D eigenvalue weighted by Crippen LogP contribution is -2.29. The molecule has 0 atom stereocenters.